The van der Waals surface area contributed by atoms with Crippen LogP contribution in [0.4, 0.5) is 19.0 Å². The molecule has 1 saturated carbocycles. The number of carbonyl (C=O) groups excluding carboxylic acids is 1. The number of fused-ring (bicyclic) bond motifs is 1. The molecule has 3 fully saturated rings. The Labute approximate surface area is 246 Å². The fraction of sp³-hybridized carbons (Fsp3) is 0.625. The molecule has 1 amide bonds. The average molecular weight is 587 g/mol. The maximum absolute atomic E-state index is 13.8. The summed E-state index contributed by atoms with van der Waals surface area (Å²) in [5.74, 6) is 1.93. The van der Waals surface area contributed by atoms with Gasteiger partial charge in [0.25, 0.3) is 0 Å². The number of alkyl halides is 3. The smallest absolute Gasteiger partial charge is 0.417 e. The van der Waals surface area contributed by atoms with Gasteiger partial charge in [0.2, 0.25) is 5.91 Å². The number of aromatic nitrogens is 1. The van der Waals surface area contributed by atoms with E-state index < -0.39 is 11.7 Å². The van der Waals surface area contributed by atoms with Crippen LogP contribution in [0, 0.1) is 5.92 Å². The summed E-state index contributed by atoms with van der Waals surface area (Å²) < 4.78 is 51.7. The molecule has 7 nitrogen and oxygen atoms in total. The van der Waals surface area contributed by atoms with E-state index in [9.17, 15) is 18.0 Å². The molecule has 0 bridgehead atoms. The zero-order valence-electron chi connectivity index (χ0n) is 24.1. The van der Waals surface area contributed by atoms with Crippen molar-refractivity contribution in [3.8, 4) is 11.5 Å². The van der Waals surface area contributed by atoms with E-state index in [2.05, 4.69) is 14.8 Å². The number of carbonyl (C=O) groups is 1. The van der Waals surface area contributed by atoms with Crippen LogP contribution in [-0.4, -0.2) is 78.2 Å². The molecule has 3 aliphatic heterocycles. The van der Waals surface area contributed by atoms with E-state index in [1.54, 1.807) is 4.90 Å². The highest BCUT2D eigenvalue weighted by Gasteiger charge is 2.37. The van der Waals surface area contributed by atoms with Crippen LogP contribution in [0.2, 0.25) is 0 Å². The molecule has 0 unspecified atom stereocenters. The number of anilines is 1. The van der Waals surface area contributed by atoms with Crippen LogP contribution in [0.5, 0.6) is 11.5 Å². The van der Waals surface area contributed by atoms with Crippen molar-refractivity contribution in [3.63, 3.8) is 0 Å². The van der Waals surface area contributed by atoms with Gasteiger partial charge in [-0.15, -0.1) is 0 Å². The molecule has 1 atom stereocenters. The summed E-state index contributed by atoms with van der Waals surface area (Å²) in [6.07, 6.45) is 5.08. The SMILES string of the molecule is O=C(C1CCCCC1)N(c1ccc(C(F)(F)F)cn1)C1CCN(C2CCN(C[C@H]3COc4ccccc4O3)CC2)CC1. The molecule has 2 aromatic rings. The van der Waals surface area contributed by atoms with Crippen molar-refractivity contribution in [1.29, 1.82) is 0 Å². The van der Waals surface area contributed by atoms with E-state index in [0.717, 1.165) is 114 Å². The zero-order valence-corrected chi connectivity index (χ0v) is 24.1. The minimum absolute atomic E-state index is 0.0266. The molecule has 228 valence electrons. The summed E-state index contributed by atoms with van der Waals surface area (Å²) in [6, 6.07) is 10.7. The maximum atomic E-state index is 13.8. The number of para-hydroxylation sites is 2. The largest absolute Gasteiger partial charge is 0.486 e. The predicted octanol–water partition coefficient (Wildman–Crippen LogP) is 5.78. The normalized spacial score (nSPS) is 23.5. The van der Waals surface area contributed by atoms with E-state index in [1.165, 1.54) is 6.07 Å². The fourth-order valence-corrected chi connectivity index (χ4v) is 7.14. The van der Waals surface area contributed by atoms with E-state index >= 15 is 0 Å². The van der Waals surface area contributed by atoms with Gasteiger partial charge in [-0.1, -0.05) is 31.4 Å². The lowest BCUT2D eigenvalue weighted by molar-refractivity contribution is -0.137. The highest BCUT2D eigenvalue weighted by atomic mass is 19.4. The number of benzene rings is 1. The molecule has 6 rings (SSSR count). The number of amides is 1. The summed E-state index contributed by atoms with van der Waals surface area (Å²) in [5, 5.41) is 0. The number of pyridine rings is 1. The van der Waals surface area contributed by atoms with Crippen LogP contribution in [0.15, 0.2) is 42.6 Å². The van der Waals surface area contributed by atoms with Gasteiger partial charge in [0.1, 0.15) is 18.5 Å². The van der Waals surface area contributed by atoms with Gasteiger partial charge in [-0.3, -0.25) is 14.6 Å². The van der Waals surface area contributed by atoms with Gasteiger partial charge in [0.05, 0.1) is 5.56 Å². The van der Waals surface area contributed by atoms with E-state index in [1.807, 2.05) is 24.3 Å². The minimum atomic E-state index is -4.45. The van der Waals surface area contributed by atoms with Crippen LogP contribution in [0.25, 0.3) is 0 Å². The Bertz CT molecular complexity index is 1190. The molecule has 42 heavy (non-hydrogen) atoms. The Morgan fingerprint density at radius 1 is 0.905 bits per heavy atom. The monoisotopic (exact) mass is 586 g/mol. The van der Waals surface area contributed by atoms with Crippen molar-refractivity contribution in [1.82, 2.24) is 14.8 Å². The lowest BCUT2D eigenvalue weighted by Crippen LogP contribution is -2.54. The van der Waals surface area contributed by atoms with E-state index in [0.29, 0.717) is 18.5 Å². The standard InChI is InChI=1S/C32H41F3N4O3/c33-32(34,35)24-10-11-30(36-20-24)39(31(40)23-6-2-1-3-7-23)26-14-18-38(19-15-26)25-12-16-37(17-13-25)21-27-22-41-28-8-4-5-9-29(28)42-27/h4-5,8-11,20,23,25-27H,1-3,6-7,12-19,21-22H2/t27-/m0/s1. The average Bonchev–Trinajstić information content (AvgIpc) is 3.02. The van der Waals surface area contributed by atoms with Crippen molar-refractivity contribution in [2.24, 2.45) is 5.92 Å². The maximum Gasteiger partial charge on any atom is 0.417 e. The van der Waals surface area contributed by atoms with Crippen LogP contribution in [-0.2, 0) is 11.0 Å². The molecule has 0 spiro atoms. The molecule has 1 aromatic carbocycles. The van der Waals surface area contributed by atoms with Gasteiger partial charge in [-0.05, 0) is 75.9 Å². The Morgan fingerprint density at radius 2 is 1.62 bits per heavy atom. The fourth-order valence-electron chi connectivity index (χ4n) is 7.14. The molecule has 4 heterocycles. The van der Waals surface area contributed by atoms with Gasteiger partial charge in [-0.2, -0.15) is 13.2 Å². The summed E-state index contributed by atoms with van der Waals surface area (Å²) in [4.78, 5) is 24.7. The third-order valence-corrected chi connectivity index (χ3v) is 9.48. The van der Waals surface area contributed by atoms with Crippen molar-refractivity contribution in [2.75, 3.05) is 44.2 Å². The lowest BCUT2D eigenvalue weighted by atomic mass is 9.87. The third-order valence-electron chi connectivity index (χ3n) is 9.48. The summed E-state index contributed by atoms with van der Waals surface area (Å²) in [6.45, 7) is 5.18. The molecular weight excluding hydrogens is 545 g/mol. The minimum Gasteiger partial charge on any atom is -0.486 e. The zero-order chi connectivity index (χ0) is 29.1. The topological polar surface area (TPSA) is 58.1 Å². The predicted molar refractivity (Wildman–Crippen MR) is 154 cm³/mol. The second kappa shape index (κ2) is 12.8. The molecule has 4 aliphatic rings. The number of piperidine rings is 2. The number of hydrogen-bond acceptors (Lipinski definition) is 6. The van der Waals surface area contributed by atoms with Crippen LogP contribution in [0.1, 0.15) is 63.4 Å². The van der Waals surface area contributed by atoms with Crippen molar-refractivity contribution >= 4 is 11.7 Å². The lowest BCUT2D eigenvalue weighted by Gasteiger charge is -2.44. The number of nitrogens with zero attached hydrogens (tertiary/aromatic N) is 4. The number of ether oxygens (including phenoxy) is 2. The quantitative estimate of drug-likeness (QED) is 0.428. The van der Waals surface area contributed by atoms with Gasteiger partial charge in [0.15, 0.2) is 11.5 Å². The van der Waals surface area contributed by atoms with E-state index in [-0.39, 0.29) is 24.0 Å². The second-order valence-corrected chi connectivity index (χ2v) is 12.2. The number of halogens is 3. The highest BCUT2D eigenvalue weighted by molar-refractivity contribution is 5.94. The summed E-state index contributed by atoms with van der Waals surface area (Å²) in [7, 11) is 0. The Morgan fingerprint density at radius 3 is 2.29 bits per heavy atom. The van der Waals surface area contributed by atoms with Gasteiger partial charge in [-0.25, -0.2) is 4.98 Å². The first-order valence-electron chi connectivity index (χ1n) is 15.6. The van der Waals surface area contributed by atoms with Crippen molar-refractivity contribution < 1.29 is 27.4 Å². The molecular formula is C32H41F3N4O3. The molecule has 2 saturated heterocycles. The van der Waals surface area contributed by atoms with Crippen molar-refractivity contribution in [2.45, 2.75) is 82.2 Å². The molecule has 1 aromatic heterocycles. The Hall–Kier alpha value is -2.85. The Balaban J connectivity index is 1.04. The summed E-state index contributed by atoms with van der Waals surface area (Å²) >= 11 is 0. The number of hydrogen-bond donors (Lipinski definition) is 0. The Kier molecular flexibility index (Phi) is 8.90. The highest BCUT2D eigenvalue weighted by Crippen LogP contribution is 2.34. The van der Waals surface area contributed by atoms with Crippen LogP contribution < -0.4 is 14.4 Å². The first kappa shape index (κ1) is 29.2. The van der Waals surface area contributed by atoms with Gasteiger partial charge < -0.3 is 14.4 Å². The summed E-state index contributed by atoms with van der Waals surface area (Å²) in [5.41, 5.74) is -0.787. The van der Waals surface area contributed by atoms with Crippen LogP contribution in [0.3, 0.4) is 0 Å². The first-order valence-corrected chi connectivity index (χ1v) is 15.6. The number of likely N-dealkylation sites (tertiary alicyclic amines) is 2. The molecule has 10 heteroatoms. The molecule has 0 N–H and O–H groups in total. The van der Waals surface area contributed by atoms with E-state index in [4.69, 9.17) is 9.47 Å². The van der Waals surface area contributed by atoms with Gasteiger partial charge >= 0.3 is 6.18 Å². The second-order valence-electron chi connectivity index (χ2n) is 12.2. The molecule has 0 radical (unpaired) electrons. The first-order chi connectivity index (χ1) is 20.3. The van der Waals surface area contributed by atoms with Crippen LogP contribution >= 0.6 is 0 Å². The van der Waals surface area contributed by atoms with Crippen molar-refractivity contribution in [3.05, 3.63) is 48.2 Å². The molecule has 1 aliphatic carbocycles. The third kappa shape index (κ3) is 6.70. The van der Waals surface area contributed by atoms with Gasteiger partial charge in [0, 0.05) is 43.8 Å². The number of rotatable bonds is 6.